The Kier molecular flexibility index (Phi) is 4.15. The van der Waals surface area contributed by atoms with E-state index in [0.717, 1.165) is 23.2 Å². The normalized spacial score (nSPS) is 12.2. The van der Waals surface area contributed by atoms with Crippen LogP contribution in [0.2, 0.25) is 0 Å². The standard InChI is InChI=1S/C16H17F2N/c1-11-9-15(18)7-8-16(11)19-12(2)10-13-3-5-14(17)6-4-13/h3-9,12,19H,10H2,1-2H3. The minimum absolute atomic E-state index is 0.189. The first-order valence-electron chi connectivity index (χ1n) is 6.32. The van der Waals surface area contributed by atoms with Gasteiger partial charge in [-0.05, 0) is 61.7 Å². The monoisotopic (exact) mass is 261 g/mol. The molecule has 2 aromatic carbocycles. The van der Waals surface area contributed by atoms with Crippen LogP contribution in [0.4, 0.5) is 14.5 Å². The highest BCUT2D eigenvalue weighted by Crippen LogP contribution is 2.18. The molecule has 2 rings (SSSR count). The highest BCUT2D eigenvalue weighted by atomic mass is 19.1. The Hall–Kier alpha value is -1.90. The van der Waals surface area contributed by atoms with Crippen molar-refractivity contribution in [2.75, 3.05) is 5.32 Å². The number of halogens is 2. The molecule has 0 amide bonds. The first kappa shape index (κ1) is 13.5. The summed E-state index contributed by atoms with van der Waals surface area (Å²) in [6.07, 6.45) is 0.789. The molecule has 0 saturated carbocycles. The third kappa shape index (κ3) is 3.78. The first-order chi connectivity index (χ1) is 9.04. The smallest absolute Gasteiger partial charge is 0.123 e. The molecular formula is C16H17F2N. The quantitative estimate of drug-likeness (QED) is 0.864. The molecule has 0 saturated heterocycles. The molecule has 1 atom stereocenters. The fourth-order valence-corrected chi connectivity index (χ4v) is 2.08. The predicted octanol–water partition coefficient (Wildman–Crippen LogP) is 4.32. The van der Waals surface area contributed by atoms with E-state index in [1.807, 2.05) is 13.8 Å². The zero-order valence-electron chi connectivity index (χ0n) is 11.1. The topological polar surface area (TPSA) is 12.0 Å². The minimum atomic E-state index is -0.228. The van der Waals surface area contributed by atoms with Gasteiger partial charge in [-0.2, -0.15) is 0 Å². The van der Waals surface area contributed by atoms with Crippen LogP contribution < -0.4 is 5.32 Å². The zero-order valence-corrected chi connectivity index (χ0v) is 11.1. The van der Waals surface area contributed by atoms with Crippen LogP contribution in [0.3, 0.4) is 0 Å². The van der Waals surface area contributed by atoms with Gasteiger partial charge >= 0.3 is 0 Å². The fraction of sp³-hybridized carbons (Fsp3) is 0.250. The van der Waals surface area contributed by atoms with Gasteiger partial charge in [0.15, 0.2) is 0 Å². The highest BCUT2D eigenvalue weighted by Gasteiger charge is 2.06. The largest absolute Gasteiger partial charge is 0.382 e. The average molecular weight is 261 g/mol. The Morgan fingerprint density at radius 3 is 2.26 bits per heavy atom. The van der Waals surface area contributed by atoms with E-state index in [-0.39, 0.29) is 17.7 Å². The lowest BCUT2D eigenvalue weighted by Gasteiger charge is -2.17. The summed E-state index contributed by atoms with van der Waals surface area (Å²) < 4.78 is 25.8. The number of hydrogen-bond donors (Lipinski definition) is 1. The van der Waals surface area contributed by atoms with Crippen LogP contribution in [0.5, 0.6) is 0 Å². The van der Waals surface area contributed by atoms with Crippen LogP contribution in [-0.2, 0) is 6.42 Å². The van der Waals surface area contributed by atoms with Gasteiger partial charge < -0.3 is 5.32 Å². The summed E-state index contributed by atoms with van der Waals surface area (Å²) in [6.45, 7) is 3.92. The van der Waals surface area contributed by atoms with Crippen molar-refractivity contribution < 1.29 is 8.78 Å². The molecule has 1 nitrogen and oxygen atoms in total. The number of anilines is 1. The van der Waals surface area contributed by atoms with Crippen molar-refractivity contribution in [3.8, 4) is 0 Å². The molecule has 0 bridgehead atoms. The fourth-order valence-electron chi connectivity index (χ4n) is 2.08. The first-order valence-corrected chi connectivity index (χ1v) is 6.32. The second-order valence-corrected chi connectivity index (χ2v) is 4.84. The van der Waals surface area contributed by atoms with Crippen LogP contribution in [0, 0.1) is 18.6 Å². The van der Waals surface area contributed by atoms with E-state index >= 15 is 0 Å². The maximum Gasteiger partial charge on any atom is 0.123 e. The summed E-state index contributed by atoms with van der Waals surface area (Å²) in [5.41, 5.74) is 2.88. The summed E-state index contributed by atoms with van der Waals surface area (Å²) in [5.74, 6) is -0.451. The minimum Gasteiger partial charge on any atom is -0.382 e. The van der Waals surface area contributed by atoms with Crippen LogP contribution in [0.1, 0.15) is 18.1 Å². The molecule has 0 aliphatic rings. The molecule has 0 aliphatic carbocycles. The van der Waals surface area contributed by atoms with Gasteiger partial charge in [0.05, 0.1) is 0 Å². The lowest BCUT2D eigenvalue weighted by molar-refractivity contribution is 0.626. The second-order valence-electron chi connectivity index (χ2n) is 4.84. The van der Waals surface area contributed by atoms with E-state index in [1.165, 1.54) is 24.3 Å². The van der Waals surface area contributed by atoms with Gasteiger partial charge in [0.1, 0.15) is 11.6 Å². The van der Waals surface area contributed by atoms with Crippen LogP contribution in [0.15, 0.2) is 42.5 Å². The van der Waals surface area contributed by atoms with Crippen LogP contribution >= 0.6 is 0 Å². The lowest BCUT2D eigenvalue weighted by Crippen LogP contribution is -2.18. The molecule has 1 unspecified atom stereocenters. The molecule has 19 heavy (non-hydrogen) atoms. The van der Waals surface area contributed by atoms with E-state index in [0.29, 0.717) is 0 Å². The number of hydrogen-bond acceptors (Lipinski definition) is 1. The van der Waals surface area contributed by atoms with E-state index < -0.39 is 0 Å². The van der Waals surface area contributed by atoms with Gasteiger partial charge in [0.25, 0.3) is 0 Å². The van der Waals surface area contributed by atoms with Crippen molar-refractivity contribution in [2.45, 2.75) is 26.3 Å². The number of benzene rings is 2. The van der Waals surface area contributed by atoms with Crippen LogP contribution in [-0.4, -0.2) is 6.04 Å². The van der Waals surface area contributed by atoms with Crippen molar-refractivity contribution in [1.29, 1.82) is 0 Å². The Morgan fingerprint density at radius 1 is 1.00 bits per heavy atom. The maximum atomic E-state index is 13.0. The van der Waals surface area contributed by atoms with Crippen molar-refractivity contribution in [1.82, 2.24) is 0 Å². The number of aryl methyl sites for hydroxylation is 1. The van der Waals surface area contributed by atoms with Crippen molar-refractivity contribution in [2.24, 2.45) is 0 Å². The number of rotatable bonds is 4. The summed E-state index contributed by atoms with van der Waals surface area (Å²) in [6, 6.07) is 11.4. The summed E-state index contributed by atoms with van der Waals surface area (Å²) >= 11 is 0. The van der Waals surface area contributed by atoms with Gasteiger partial charge in [0, 0.05) is 11.7 Å². The van der Waals surface area contributed by atoms with Gasteiger partial charge in [-0.3, -0.25) is 0 Å². The van der Waals surface area contributed by atoms with Crippen molar-refractivity contribution in [3.05, 3.63) is 65.2 Å². The molecule has 0 fully saturated rings. The lowest BCUT2D eigenvalue weighted by atomic mass is 10.1. The van der Waals surface area contributed by atoms with Gasteiger partial charge in [0.2, 0.25) is 0 Å². The Morgan fingerprint density at radius 2 is 1.63 bits per heavy atom. The SMILES string of the molecule is Cc1cc(F)ccc1NC(C)Cc1ccc(F)cc1. The van der Waals surface area contributed by atoms with E-state index in [9.17, 15) is 8.78 Å². The molecular weight excluding hydrogens is 244 g/mol. The van der Waals surface area contributed by atoms with E-state index in [1.54, 1.807) is 18.2 Å². The van der Waals surface area contributed by atoms with Crippen LogP contribution in [0.25, 0.3) is 0 Å². The summed E-state index contributed by atoms with van der Waals surface area (Å²) in [4.78, 5) is 0. The highest BCUT2D eigenvalue weighted by molar-refractivity contribution is 5.51. The van der Waals surface area contributed by atoms with Crippen molar-refractivity contribution in [3.63, 3.8) is 0 Å². The predicted molar refractivity (Wildman–Crippen MR) is 74.3 cm³/mol. The summed E-state index contributed by atoms with van der Waals surface area (Å²) in [5, 5.41) is 3.34. The maximum absolute atomic E-state index is 13.0. The summed E-state index contributed by atoms with van der Waals surface area (Å²) in [7, 11) is 0. The van der Waals surface area contributed by atoms with E-state index in [2.05, 4.69) is 5.32 Å². The molecule has 0 heterocycles. The Labute approximate surface area is 112 Å². The van der Waals surface area contributed by atoms with Gasteiger partial charge in [-0.25, -0.2) is 8.78 Å². The molecule has 0 aromatic heterocycles. The van der Waals surface area contributed by atoms with Gasteiger partial charge in [-0.15, -0.1) is 0 Å². The molecule has 0 radical (unpaired) electrons. The second kappa shape index (κ2) is 5.83. The number of nitrogens with one attached hydrogen (secondary N) is 1. The Bertz CT molecular complexity index is 549. The molecule has 100 valence electrons. The molecule has 0 spiro atoms. The molecule has 0 aliphatic heterocycles. The zero-order chi connectivity index (χ0) is 13.8. The molecule has 2 aromatic rings. The molecule has 3 heteroatoms. The third-order valence-electron chi connectivity index (χ3n) is 3.05. The molecule has 1 N–H and O–H groups in total. The van der Waals surface area contributed by atoms with Gasteiger partial charge in [-0.1, -0.05) is 12.1 Å². The Balaban J connectivity index is 2.01. The van der Waals surface area contributed by atoms with Crippen molar-refractivity contribution >= 4 is 5.69 Å². The van der Waals surface area contributed by atoms with E-state index in [4.69, 9.17) is 0 Å². The third-order valence-corrected chi connectivity index (χ3v) is 3.05. The average Bonchev–Trinajstić information content (AvgIpc) is 2.36.